The van der Waals surface area contributed by atoms with Crippen molar-refractivity contribution in [3.05, 3.63) is 24.3 Å². The van der Waals surface area contributed by atoms with Crippen molar-refractivity contribution in [2.75, 3.05) is 47.5 Å². The van der Waals surface area contributed by atoms with E-state index < -0.39 is 24.3 Å². The second kappa shape index (κ2) is 49.2. The first kappa shape index (κ1) is 63.8. The van der Waals surface area contributed by atoms with E-state index >= 15 is 0 Å². The highest BCUT2D eigenvalue weighted by Gasteiger charge is 2.22. The van der Waals surface area contributed by atoms with Gasteiger partial charge in [-0.25, -0.2) is 0 Å². The fraction of sp³-hybridized carbons (Fsp3) is 0.877. The molecular weight excluding hydrogens is 827 g/mol. The van der Waals surface area contributed by atoms with E-state index in [1.54, 1.807) is 0 Å². The number of likely N-dealkylation sites (N-methyl/N-ethyl adjacent to an activating group) is 1. The van der Waals surface area contributed by atoms with Crippen LogP contribution in [0.15, 0.2) is 24.3 Å². The number of carbonyl (C=O) groups excluding carboxylic acids is 3. The van der Waals surface area contributed by atoms with Crippen molar-refractivity contribution in [2.45, 2.75) is 277 Å². The van der Waals surface area contributed by atoms with Crippen LogP contribution >= 0.6 is 0 Å². The molecule has 0 saturated heterocycles. The molecule has 0 aliphatic rings. The first-order valence-electron chi connectivity index (χ1n) is 28.0. The number of nitrogens with zero attached hydrogens (tertiary/aromatic N) is 1. The Hall–Kier alpha value is -2.23. The molecule has 0 bridgehead atoms. The molecule has 0 aliphatic carbocycles. The van der Waals surface area contributed by atoms with Crippen LogP contribution in [0.25, 0.3) is 0 Å². The molecule has 2 unspecified atom stereocenters. The Kier molecular flexibility index (Phi) is 47.5. The highest BCUT2D eigenvalue weighted by molar-refractivity contribution is 5.70. The van der Waals surface area contributed by atoms with Crippen LogP contribution in [0.1, 0.15) is 264 Å². The third-order valence-electron chi connectivity index (χ3n) is 12.5. The molecule has 0 heterocycles. The van der Waals surface area contributed by atoms with Gasteiger partial charge in [-0.05, 0) is 44.9 Å². The molecular formula is C57H107NO8. The van der Waals surface area contributed by atoms with Gasteiger partial charge < -0.3 is 33.3 Å². The summed E-state index contributed by atoms with van der Waals surface area (Å²) in [4.78, 5) is 37.2. The van der Waals surface area contributed by atoms with Gasteiger partial charge in [0.25, 0.3) is 0 Å². The quantitative estimate of drug-likeness (QED) is 0.0195. The molecule has 0 rings (SSSR count). The summed E-state index contributed by atoms with van der Waals surface area (Å²) in [5.74, 6) is -2.27. The van der Waals surface area contributed by atoms with E-state index in [1.807, 2.05) is 21.1 Å². The number of carbonyl (C=O) groups is 3. The Labute approximate surface area is 407 Å². The zero-order chi connectivity index (χ0) is 48.4. The zero-order valence-electron chi connectivity index (χ0n) is 44.1. The van der Waals surface area contributed by atoms with Crippen LogP contribution < -0.4 is 5.11 Å². The second-order valence-electron chi connectivity index (χ2n) is 20.2. The van der Waals surface area contributed by atoms with E-state index in [0.29, 0.717) is 23.9 Å². The lowest BCUT2D eigenvalue weighted by molar-refractivity contribution is -0.870. The summed E-state index contributed by atoms with van der Waals surface area (Å²) < 4.78 is 22.7. The highest BCUT2D eigenvalue weighted by atomic mass is 16.7. The van der Waals surface area contributed by atoms with Crippen molar-refractivity contribution in [2.24, 2.45) is 0 Å². The molecule has 2 atom stereocenters. The second-order valence-corrected chi connectivity index (χ2v) is 20.2. The average Bonchev–Trinajstić information content (AvgIpc) is 3.28. The SMILES string of the molecule is CCCCCCC/C=C\C/C=C\CCCCCCCCCCCCCC(=O)OC(COC(=O)CCCCCCCCCCCCCCCCCCCC)COC(OCC[N+](C)(C)C)C(=O)[O-]. The summed E-state index contributed by atoms with van der Waals surface area (Å²) >= 11 is 0. The van der Waals surface area contributed by atoms with Gasteiger partial charge in [0.15, 0.2) is 12.4 Å². The van der Waals surface area contributed by atoms with Crippen molar-refractivity contribution in [3.8, 4) is 0 Å². The van der Waals surface area contributed by atoms with E-state index in [4.69, 9.17) is 18.9 Å². The van der Waals surface area contributed by atoms with Crippen LogP contribution in [0.5, 0.6) is 0 Å². The molecule has 388 valence electrons. The molecule has 0 saturated carbocycles. The predicted molar refractivity (Wildman–Crippen MR) is 274 cm³/mol. The average molecular weight is 934 g/mol. The number of rotatable bonds is 52. The van der Waals surface area contributed by atoms with Crippen molar-refractivity contribution in [3.63, 3.8) is 0 Å². The molecule has 0 aliphatic heterocycles. The largest absolute Gasteiger partial charge is 0.545 e. The lowest BCUT2D eigenvalue weighted by Crippen LogP contribution is -2.44. The molecule has 0 radical (unpaired) electrons. The molecule has 9 nitrogen and oxygen atoms in total. The summed E-state index contributed by atoms with van der Waals surface area (Å²) in [6, 6.07) is 0. The lowest BCUT2D eigenvalue weighted by atomic mass is 10.0. The van der Waals surface area contributed by atoms with Gasteiger partial charge in [-0.1, -0.05) is 231 Å². The first-order chi connectivity index (χ1) is 32.1. The van der Waals surface area contributed by atoms with Gasteiger partial charge >= 0.3 is 11.9 Å². The molecule has 0 fully saturated rings. The lowest BCUT2D eigenvalue weighted by Gasteiger charge is -2.26. The normalized spacial score (nSPS) is 12.9. The van der Waals surface area contributed by atoms with Crippen molar-refractivity contribution in [1.29, 1.82) is 0 Å². The number of hydrogen-bond acceptors (Lipinski definition) is 8. The summed E-state index contributed by atoms with van der Waals surface area (Å²) in [5.41, 5.74) is 0. The van der Waals surface area contributed by atoms with E-state index in [1.165, 1.54) is 186 Å². The van der Waals surface area contributed by atoms with Gasteiger partial charge in [-0.2, -0.15) is 0 Å². The minimum absolute atomic E-state index is 0.150. The number of allylic oxidation sites excluding steroid dienone is 4. The van der Waals surface area contributed by atoms with Crippen molar-refractivity contribution >= 4 is 17.9 Å². The van der Waals surface area contributed by atoms with E-state index in [0.717, 1.165) is 44.9 Å². The summed E-state index contributed by atoms with van der Waals surface area (Å²) in [7, 11) is 5.93. The van der Waals surface area contributed by atoms with E-state index in [2.05, 4.69) is 38.2 Å². The van der Waals surface area contributed by atoms with E-state index in [9.17, 15) is 19.5 Å². The van der Waals surface area contributed by atoms with Crippen LogP contribution in [-0.2, 0) is 33.3 Å². The minimum atomic E-state index is -1.62. The Morgan fingerprint density at radius 1 is 0.455 bits per heavy atom. The number of hydrogen-bond donors (Lipinski definition) is 0. The number of quaternary nitrogens is 1. The van der Waals surface area contributed by atoms with E-state index in [-0.39, 0.29) is 32.2 Å². The monoisotopic (exact) mass is 934 g/mol. The van der Waals surface area contributed by atoms with Crippen LogP contribution in [0.2, 0.25) is 0 Å². The molecule has 66 heavy (non-hydrogen) atoms. The smallest absolute Gasteiger partial charge is 0.306 e. The summed E-state index contributed by atoms with van der Waals surface area (Å²) in [5, 5.41) is 11.8. The fourth-order valence-electron chi connectivity index (χ4n) is 8.10. The topological polar surface area (TPSA) is 111 Å². The number of carboxylic acids is 1. The highest BCUT2D eigenvalue weighted by Crippen LogP contribution is 2.17. The maximum absolute atomic E-state index is 12.8. The molecule has 0 spiro atoms. The van der Waals surface area contributed by atoms with Crippen molar-refractivity contribution in [1.82, 2.24) is 0 Å². The molecule has 0 aromatic heterocycles. The van der Waals surface area contributed by atoms with Crippen molar-refractivity contribution < 1.29 is 42.9 Å². The number of carboxylic acid groups (broad SMARTS) is 1. The minimum Gasteiger partial charge on any atom is -0.545 e. The van der Waals surface area contributed by atoms with Crippen LogP contribution in [-0.4, -0.2) is 82.3 Å². The van der Waals surface area contributed by atoms with Crippen LogP contribution in [0, 0.1) is 0 Å². The number of aliphatic carboxylic acids is 1. The Morgan fingerprint density at radius 2 is 0.818 bits per heavy atom. The Morgan fingerprint density at radius 3 is 1.20 bits per heavy atom. The van der Waals surface area contributed by atoms with Crippen LogP contribution in [0.4, 0.5) is 0 Å². The Balaban J connectivity index is 4.25. The van der Waals surface area contributed by atoms with Gasteiger partial charge in [0.05, 0.1) is 40.3 Å². The Bertz CT molecular complexity index is 1130. The molecule has 0 N–H and O–H groups in total. The first-order valence-corrected chi connectivity index (χ1v) is 28.0. The predicted octanol–water partition coefficient (Wildman–Crippen LogP) is 14.6. The summed E-state index contributed by atoms with van der Waals surface area (Å²) in [6.07, 6.45) is 53.6. The van der Waals surface area contributed by atoms with Gasteiger partial charge in [-0.3, -0.25) is 9.59 Å². The maximum atomic E-state index is 12.8. The third kappa shape index (κ3) is 49.7. The molecule has 0 aromatic carbocycles. The third-order valence-corrected chi connectivity index (χ3v) is 12.5. The number of unbranched alkanes of at least 4 members (excludes halogenated alkanes) is 33. The summed E-state index contributed by atoms with van der Waals surface area (Å²) in [6.45, 7) is 4.78. The maximum Gasteiger partial charge on any atom is 0.306 e. The standard InChI is InChI=1S/C57H107NO8/c1-6-8-10-12-14-16-18-20-22-24-26-27-28-29-30-32-34-36-38-40-42-44-46-48-55(60)66-53(52-65-57(56(61)62)63-50-49-58(3,4)5)51-64-54(59)47-45-43-41-39-37-35-33-31-25-23-21-19-17-15-13-11-9-7-2/h18,20,24,26,53,57H,6-17,19,21-23,25,27-52H2,1-5H3/b20-18-,26-24-. The fourth-order valence-corrected chi connectivity index (χ4v) is 8.10. The number of esters is 2. The van der Waals surface area contributed by atoms with Gasteiger partial charge in [0, 0.05) is 12.8 Å². The van der Waals surface area contributed by atoms with Crippen LogP contribution in [0.3, 0.4) is 0 Å². The van der Waals surface area contributed by atoms with Gasteiger partial charge in [0.1, 0.15) is 13.2 Å². The van der Waals surface area contributed by atoms with Gasteiger partial charge in [-0.15, -0.1) is 0 Å². The zero-order valence-corrected chi connectivity index (χ0v) is 44.1. The molecule has 9 heteroatoms. The molecule has 0 amide bonds. The van der Waals surface area contributed by atoms with Gasteiger partial charge in [0.2, 0.25) is 0 Å². The molecule has 0 aromatic rings. The number of ether oxygens (including phenoxy) is 4.